The van der Waals surface area contributed by atoms with Crippen molar-refractivity contribution in [1.82, 2.24) is 4.57 Å². The molecule has 2 unspecified atom stereocenters. The van der Waals surface area contributed by atoms with E-state index in [1.54, 1.807) is 0 Å². The lowest BCUT2D eigenvalue weighted by atomic mass is 9.91. The van der Waals surface area contributed by atoms with Gasteiger partial charge in [0.15, 0.2) is 0 Å². The van der Waals surface area contributed by atoms with Crippen LogP contribution in [0.2, 0.25) is 0 Å². The van der Waals surface area contributed by atoms with Crippen LogP contribution in [0.1, 0.15) is 75.5 Å². The Bertz CT molecular complexity index is 401. The number of nitrogens with zero attached hydrogens (tertiary/aromatic N) is 1. The van der Waals surface area contributed by atoms with Crippen molar-refractivity contribution < 1.29 is 0 Å². The van der Waals surface area contributed by atoms with Gasteiger partial charge in [0.25, 0.3) is 0 Å². The molecule has 1 aliphatic rings. The first-order valence-corrected chi connectivity index (χ1v) is 7.56. The Hall–Kier alpha value is -0.760. The summed E-state index contributed by atoms with van der Waals surface area (Å²) in [6, 6.07) is 3.20. The third-order valence-corrected chi connectivity index (χ3v) is 4.83. The van der Waals surface area contributed by atoms with E-state index in [0.717, 1.165) is 12.3 Å². The molecule has 0 amide bonds. The third-order valence-electron chi connectivity index (χ3n) is 4.83. The van der Waals surface area contributed by atoms with Gasteiger partial charge in [-0.2, -0.15) is 0 Å². The van der Waals surface area contributed by atoms with Gasteiger partial charge in [0.05, 0.1) is 0 Å². The van der Waals surface area contributed by atoms with Gasteiger partial charge in [-0.3, -0.25) is 0 Å². The molecule has 2 N–H and O–H groups in total. The van der Waals surface area contributed by atoms with E-state index < -0.39 is 0 Å². The van der Waals surface area contributed by atoms with Crippen molar-refractivity contribution in [2.75, 3.05) is 0 Å². The van der Waals surface area contributed by atoms with Crippen molar-refractivity contribution in [3.63, 3.8) is 0 Å². The summed E-state index contributed by atoms with van der Waals surface area (Å²) in [7, 11) is 0. The fourth-order valence-electron chi connectivity index (χ4n) is 3.71. The Morgan fingerprint density at radius 1 is 1.39 bits per heavy atom. The zero-order valence-corrected chi connectivity index (χ0v) is 12.4. The van der Waals surface area contributed by atoms with Crippen molar-refractivity contribution in [1.29, 1.82) is 0 Å². The van der Waals surface area contributed by atoms with Gasteiger partial charge in [0.2, 0.25) is 0 Å². The molecule has 2 rings (SSSR count). The number of hydrogen-bond acceptors (Lipinski definition) is 1. The number of fused-ring (bicyclic) bond motifs is 1. The Balaban J connectivity index is 2.38. The predicted molar refractivity (Wildman–Crippen MR) is 77.8 cm³/mol. The average molecular weight is 248 g/mol. The van der Waals surface area contributed by atoms with Gasteiger partial charge < -0.3 is 10.3 Å². The summed E-state index contributed by atoms with van der Waals surface area (Å²) in [6.45, 7) is 9.23. The topological polar surface area (TPSA) is 30.9 Å². The summed E-state index contributed by atoms with van der Waals surface area (Å²) < 4.78 is 2.58. The van der Waals surface area contributed by atoms with Crippen molar-refractivity contribution in [2.45, 2.75) is 71.9 Å². The molecule has 102 valence electrons. The molecule has 2 nitrogen and oxygen atoms in total. The van der Waals surface area contributed by atoms with E-state index >= 15 is 0 Å². The highest BCUT2D eigenvalue weighted by molar-refractivity contribution is 5.33. The minimum absolute atomic E-state index is 0.266. The molecule has 0 spiro atoms. The van der Waals surface area contributed by atoms with E-state index in [-0.39, 0.29) is 6.04 Å². The largest absolute Gasteiger partial charge is 0.346 e. The molecule has 2 atom stereocenters. The molecular weight excluding hydrogens is 220 g/mol. The van der Waals surface area contributed by atoms with Crippen LogP contribution in [0, 0.1) is 12.8 Å². The molecule has 1 heterocycles. The van der Waals surface area contributed by atoms with E-state index in [1.807, 2.05) is 0 Å². The monoisotopic (exact) mass is 248 g/mol. The molecule has 2 heteroatoms. The molecule has 0 saturated heterocycles. The van der Waals surface area contributed by atoms with Crippen LogP contribution in [0.5, 0.6) is 0 Å². The van der Waals surface area contributed by atoms with Crippen molar-refractivity contribution >= 4 is 0 Å². The predicted octanol–water partition coefficient (Wildman–Crippen LogP) is 4.13. The molecule has 0 radical (unpaired) electrons. The quantitative estimate of drug-likeness (QED) is 0.853. The van der Waals surface area contributed by atoms with Crippen LogP contribution in [0.15, 0.2) is 6.07 Å². The lowest BCUT2D eigenvalue weighted by Gasteiger charge is -2.29. The van der Waals surface area contributed by atoms with Crippen LogP contribution in [-0.4, -0.2) is 4.57 Å². The van der Waals surface area contributed by atoms with Gasteiger partial charge in [-0.15, -0.1) is 0 Å². The second-order valence-corrected chi connectivity index (χ2v) is 5.87. The van der Waals surface area contributed by atoms with Gasteiger partial charge in [-0.1, -0.05) is 26.7 Å². The normalized spacial score (nSPS) is 21.1. The number of hydrogen-bond donors (Lipinski definition) is 1. The van der Waals surface area contributed by atoms with Gasteiger partial charge in [0.1, 0.15) is 0 Å². The molecule has 0 aromatic carbocycles. The van der Waals surface area contributed by atoms with Crippen LogP contribution in [0.3, 0.4) is 0 Å². The molecule has 0 fully saturated rings. The first-order chi connectivity index (χ1) is 8.60. The van der Waals surface area contributed by atoms with Crippen LogP contribution in [0.25, 0.3) is 0 Å². The van der Waals surface area contributed by atoms with Crippen LogP contribution in [0.4, 0.5) is 0 Å². The van der Waals surface area contributed by atoms with Crippen molar-refractivity contribution in [2.24, 2.45) is 11.7 Å². The molecule has 0 bridgehead atoms. The number of aryl methyl sites for hydroxylation is 1. The second kappa shape index (κ2) is 5.48. The fourth-order valence-corrected chi connectivity index (χ4v) is 3.71. The van der Waals surface area contributed by atoms with Crippen molar-refractivity contribution in [3.8, 4) is 0 Å². The number of aromatic nitrogens is 1. The van der Waals surface area contributed by atoms with Gasteiger partial charge in [-0.05, 0) is 50.7 Å². The summed E-state index contributed by atoms with van der Waals surface area (Å²) >= 11 is 0. The van der Waals surface area contributed by atoms with Crippen LogP contribution in [-0.2, 0) is 6.42 Å². The summed E-state index contributed by atoms with van der Waals surface area (Å²) in [5.74, 6) is 0.776. The molecule has 0 saturated carbocycles. The van der Waals surface area contributed by atoms with E-state index in [2.05, 4.69) is 38.3 Å². The number of rotatable bonds is 4. The smallest absolute Gasteiger partial charge is 0.0335 e. The Labute approximate surface area is 112 Å². The van der Waals surface area contributed by atoms with Crippen LogP contribution < -0.4 is 5.73 Å². The molecular formula is C16H28N2. The maximum atomic E-state index is 6.26. The van der Waals surface area contributed by atoms with Crippen molar-refractivity contribution in [3.05, 3.63) is 23.0 Å². The van der Waals surface area contributed by atoms with Gasteiger partial charge >= 0.3 is 0 Å². The first-order valence-electron chi connectivity index (χ1n) is 7.56. The third kappa shape index (κ3) is 2.23. The average Bonchev–Trinajstić information content (AvgIpc) is 2.68. The second-order valence-electron chi connectivity index (χ2n) is 5.87. The van der Waals surface area contributed by atoms with E-state index in [1.165, 1.54) is 42.6 Å². The summed E-state index contributed by atoms with van der Waals surface area (Å²) in [5, 5.41) is 0. The highest BCUT2D eigenvalue weighted by Crippen LogP contribution is 2.35. The Morgan fingerprint density at radius 3 is 2.67 bits per heavy atom. The minimum atomic E-state index is 0.266. The summed E-state index contributed by atoms with van der Waals surface area (Å²) in [5.41, 5.74) is 10.6. The van der Waals surface area contributed by atoms with E-state index in [4.69, 9.17) is 5.73 Å². The Kier molecular flexibility index (Phi) is 4.16. The molecule has 1 aromatic heterocycles. The lowest BCUT2D eigenvalue weighted by Crippen LogP contribution is -2.22. The zero-order valence-electron chi connectivity index (χ0n) is 12.4. The fraction of sp³-hybridized carbons (Fsp3) is 0.750. The Morgan fingerprint density at radius 2 is 2.06 bits per heavy atom. The molecule has 1 aliphatic carbocycles. The standard InChI is InChI=1S/C16H28N2/c1-5-13(6-2)12(4)18-11(3)10-14-15(17)8-7-9-16(14)18/h10,12-13,15H,5-9,17H2,1-4H3. The highest BCUT2D eigenvalue weighted by atomic mass is 15.0. The molecule has 1 aromatic rings. The van der Waals surface area contributed by atoms with Gasteiger partial charge in [-0.25, -0.2) is 0 Å². The molecule has 0 aliphatic heterocycles. The maximum Gasteiger partial charge on any atom is 0.0335 e. The van der Waals surface area contributed by atoms with E-state index in [9.17, 15) is 0 Å². The first kappa shape index (κ1) is 13.7. The van der Waals surface area contributed by atoms with Crippen LogP contribution >= 0.6 is 0 Å². The maximum absolute atomic E-state index is 6.26. The van der Waals surface area contributed by atoms with Gasteiger partial charge in [0, 0.05) is 23.5 Å². The SMILES string of the molecule is CCC(CC)C(C)n1c(C)cc2c1CCCC2N. The highest BCUT2D eigenvalue weighted by Gasteiger charge is 2.26. The minimum Gasteiger partial charge on any atom is -0.346 e. The summed E-state index contributed by atoms with van der Waals surface area (Å²) in [6.07, 6.45) is 6.12. The number of nitrogens with two attached hydrogens (primary N) is 1. The zero-order chi connectivity index (χ0) is 13.3. The lowest BCUT2D eigenvalue weighted by molar-refractivity contribution is 0.320. The summed E-state index contributed by atoms with van der Waals surface area (Å²) in [4.78, 5) is 0. The molecule has 18 heavy (non-hydrogen) atoms. The van der Waals surface area contributed by atoms with E-state index in [0.29, 0.717) is 6.04 Å².